The van der Waals surface area contributed by atoms with Gasteiger partial charge in [-0.15, -0.1) is 0 Å². The van der Waals surface area contributed by atoms with Crippen LogP contribution in [-0.4, -0.2) is 5.11 Å². The van der Waals surface area contributed by atoms with Crippen LogP contribution in [0.4, 0.5) is 0 Å². The fourth-order valence-electron chi connectivity index (χ4n) is 0.428. The van der Waals surface area contributed by atoms with Crippen LogP contribution in [0.3, 0.4) is 0 Å². The van der Waals surface area contributed by atoms with Gasteiger partial charge in [0.1, 0.15) is 5.75 Å². The molecule has 1 rings (SSSR count). The van der Waals surface area contributed by atoms with E-state index in [2.05, 4.69) is 0 Å². The van der Waals surface area contributed by atoms with Crippen molar-refractivity contribution < 1.29 is 6.53 Å². The molecular formula is C6H7O. The van der Waals surface area contributed by atoms with Crippen molar-refractivity contribution in [2.24, 2.45) is 0 Å². The van der Waals surface area contributed by atoms with Gasteiger partial charge in [-0.25, -0.2) is 0 Å². The normalized spacial score (nSPS) is 8.57. The summed E-state index contributed by atoms with van der Waals surface area (Å²) in [5.41, 5.74) is 0. The molecule has 1 heteroatoms. The maximum absolute atomic E-state index is 8.63. The summed E-state index contributed by atoms with van der Waals surface area (Å²) in [6, 6.07) is 8.71. The molecule has 1 N–H and O–H groups in total. The first-order chi connectivity index (χ1) is 3.39. The van der Waals surface area contributed by atoms with E-state index in [1.54, 1.807) is 24.3 Å². The third-order valence-corrected chi connectivity index (χ3v) is 0.756. The van der Waals surface area contributed by atoms with E-state index in [9.17, 15) is 0 Å². The lowest BCUT2D eigenvalue weighted by Gasteiger charge is -1.82. The second-order valence-electron chi connectivity index (χ2n) is 1.34. The Bertz CT molecular complexity index is 138. The fraction of sp³-hybridized carbons (Fsp3) is 0. The third-order valence-electron chi connectivity index (χ3n) is 0.756. The van der Waals surface area contributed by atoms with Crippen LogP contribution in [0.25, 0.3) is 0 Å². The summed E-state index contributed by atoms with van der Waals surface area (Å²) in [7, 11) is 0. The number of hydrogen-bond donors (Lipinski definition) is 1. The second kappa shape index (κ2) is 1.65. The summed E-state index contributed by atoms with van der Waals surface area (Å²) < 4.78 is 0. The maximum atomic E-state index is 8.63. The van der Waals surface area contributed by atoms with Gasteiger partial charge in [-0.1, -0.05) is 18.2 Å². The zero-order valence-electron chi connectivity index (χ0n) is 4.83. The van der Waals surface area contributed by atoms with Crippen molar-refractivity contribution in [3.63, 3.8) is 0 Å². The van der Waals surface area contributed by atoms with Crippen LogP contribution in [0, 0.1) is 0 Å². The summed E-state index contributed by atoms with van der Waals surface area (Å²) in [4.78, 5) is 0. The minimum atomic E-state index is 0. The Kier molecular flexibility index (Phi) is 0.984. The highest BCUT2D eigenvalue weighted by atomic mass is 16.3. The molecule has 0 fully saturated rings. The molecule has 1 aromatic rings. The Morgan fingerprint density at radius 1 is 1.14 bits per heavy atom. The van der Waals surface area contributed by atoms with E-state index in [1.165, 1.54) is 0 Å². The number of para-hydroxylation sites is 1. The van der Waals surface area contributed by atoms with Crippen molar-refractivity contribution in [3.8, 4) is 5.75 Å². The van der Waals surface area contributed by atoms with E-state index in [0.717, 1.165) is 0 Å². The summed E-state index contributed by atoms with van der Waals surface area (Å²) in [6.07, 6.45) is 0. The van der Waals surface area contributed by atoms with Gasteiger partial charge in [-0.05, 0) is 12.1 Å². The van der Waals surface area contributed by atoms with Gasteiger partial charge in [0.05, 0.1) is 0 Å². The van der Waals surface area contributed by atoms with Gasteiger partial charge in [0, 0.05) is 1.43 Å². The molecule has 0 aliphatic carbocycles. The topological polar surface area (TPSA) is 20.2 Å². The van der Waals surface area contributed by atoms with E-state index in [1.807, 2.05) is 6.07 Å². The summed E-state index contributed by atoms with van der Waals surface area (Å²) in [5, 5.41) is 8.63. The lowest BCUT2D eigenvalue weighted by Crippen LogP contribution is -1.56. The molecule has 0 amide bonds. The highest BCUT2D eigenvalue weighted by Gasteiger charge is 1.74. The largest absolute Gasteiger partial charge is 0.508 e. The SMILES string of the molecule is Oc1ccccc1.[H]. The van der Waals surface area contributed by atoms with Crippen LogP contribution in [0.1, 0.15) is 1.43 Å². The third kappa shape index (κ3) is 0.929. The molecular weight excluding hydrogens is 88.1 g/mol. The molecule has 1 nitrogen and oxygen atoms in total. The number of aromatic hydroxyl groups is 1. The molecule has 0 aliphatic rings. The van der Waals surface area contributed by atoms with Gasteiger partial charge in [-0.3, -0.25) is 0 Å². The lowest BCUT2D eigenvalue weighted by molar-refractivity contribution is 0.475. The van der Waals surface area contributed by atoms with E-state index in [0.29, 0.717) is 5.75 Å². The molecule has 0 aliphatic heterocycles. The van der Waals surface area contributed by atoms with E-state index < -0.39 is 0 Å². The standard InChI is InChI=1S/C6H6O.H/c7-6-4-2-1-3-5-6;/h1-5,7H;. The van der Waals surface area contributed by atoms with Gasteiger partial charge >= 0.3 is 0 Å². The van der Waals surface area contributed by atoms with Gasteiger partial charge in [0.25, 0.3) is 0 Å². The molecule has 7 heavy (non-hydrogen) atoms. The Hall–Kier alpha value is -0.980. The number of phenolic OH excluding ortho intramolecular Hbond substituents is 1. The van der Waals surface area contributed by atoms with Crippen molar-refractivity contribution in [1.29, 1.82) is 0 Å². The molecule has 0 bridgehead atoms. The maximum Gasteiger partial charge on any atom is 0.115 e. The van der Waals surface area contributed by atoms with Crippen molar-refractivity contribution in [2.45, 2.75) is 0 Å². The lowest BCUT2D eigenvalue weighted by atomic mass is 10.3. The number of hydrogen-bond acceptors (Lipinski definition) is 1. The molecule has 0 aromatic heterocycles. The van der Waals surface area contributed by atoms with Crippen molar-refractivity contribution in [3.05, 3.63) is 30.3 Å². The highest BCUT2D eigenvalue weighted by Crippen LogP contribution is 2.02. The van der Waals surface area contributed by atoms with Crippen LogP contribution in [0.15, 0.2) is 30.3 Å². The van der Waals surface area contributed by atoms with Gasteiger partial charge in [-0.2, -0.15) is 0 Å². The quantitative estimate of drug-likeness (QED) is 0.517. The Morgan fingerprint density at radius 2 is 1.71 bits per heavy atom. The van der Waals surface area contributed by atoms with Crippen molar-refractivity contribution in [1.82, 2.24) is 0 Å². The van der Waals surface area contributed by atoms with Crippen LogP contribution in [0.2, 0.25) is 0 Å². The van der Waals surface area contributed by atoms with Crippen LogP contribution >= 0.6 is 0 Å². The molecule has 0 atom stereocenters. The zero-order valence-corrected chi connectivity index (χ0v) is 3.83. The molecule has 0 unspecified atom stereocenters. The second-order valence-corrected chi connectivity index (χ2v) is 1.34. The Labute approximate surface area is 43.7 Å². The molecule has 1 aromatic carbocycles. The van der Waals surface area contributed by atoms with Gasteiger partial charge in [0.15, 0.2) is 0 Å². The summed E-state index contributed by atoms with van der Waals surface area (Å²) >= 11 is 0. The highest BCUT2D eigenvalue weighted by molar-refractivity contribution is 5.18. The minimum Gasteiger partial charge on any atom is -0.508 e. The van der Waals surface area contributed by atoms with Crippen LogP contribution in [-0.2, 0) is 0 Å². The average molecular weight is 95.1 g/mol. The molecule has 0 saturated heterocycles. The Balaban J connectivity index is 0.000000490. The number of rotatable bonds is 0. The minimum absolute atomic E-state index is 0. The molecule has 1 radical (unpaired) electrons. The first kappa shape index (κ1) is 4.19. The smallest absolute Gasteiger partial charge is 0.115 e. The summed E-state index contributed by atoms with van der Waals surface area (Å²) in [5.74, 6) is 0.322. The Morgan fingerprint density at radius 3 is 2.00 bits per heavy atom. The van der Waals surface area contributed by atoms with Gasteiger partial charge < -0.3 is 5.11 Å². The molecule has 37 valence electrons. The predicted octanol–water partition coefficient (Wildman–Crippen LogP) is 1.50. The van der Waals surface area contributed by atoms with Crippen LogP contribution in [0.5, 0.6) is 5.75 Å². The zero-order chi connectivity index (χ0) is 5.11. The van der Waals surface area contributed by atoms with Crippen molar-refractivity contribution >= 4 is 0 Å². The molecule has 0 spiro atoms. The molecule has 0 heterocycles. The molecule has 0 saturated carbocycles. The monoisotopic (exact) mass is 95.0 g/mol. The van der Waals surface area contributed by atoms with Gasteiger partial charge in [0.2, 0.25) is 0 Å². The fourth-order valence-corrected chi connectivity index (χ4v) is 0.428. The average Bonchev–Trinajstić information content (AvgIpc) is 1.69. The van der Waals surface area contributed by atoms with Crippen molar-refractivity contribution in [2.75, 3.05) is 0 Å². The predicted molar refractivity (Wildman–Crippen MR) is 29.2 cm³/mol. The first-order valence-electron chi connectivity index (χ1n) is 2.13. The van der Waals surface area contributed by atoms with E-state index >= 15 is 0 Å². The summed E-state index contributed by atoms with van der Waals surface area (Å²) in [6.45, 7) is 0. The van der Waals surface area contributed by atoms with E-state index in [-0.39, 0.29) is 1.43 Å². The first-order valence-corrected chi connectivity index (χ1v) is 2.13. The van der Waals surface area contributed by atoms with Crippen LogP contribution < -0.4 is 0 Å². The number of benzene rings is 1. The number of phenols is 1. The van der Waals surface area contributed by atoms with E-state index in [4.69, 9.17) is 5.11 Å².